The highest BCUT2D eigenvalue weighted by Crippen LogP contribution is 2.43. The van der Waals surface area contributed by atoms with E-state index >= 15 is 0 Å². The highest BCUT2D eigenvalue weighted by molar-refractivity contribution is 9.10. The van der Waals surface area contributed by atoms with Crippen LogP contribution in [0, 0.1) is 0 Å². The molecule has 1 aromatic heterocycles. The number of aromatic amines is 1. The number of carbonyl (C=O) groups excluding carboxylic acids is 1. The minimum absolute atomic E-state index is 0.0198. The summed E-state index contributed by atoms with van der Waals surface area (Å²) in [7, 11) is 0. The van der Waals surface area contributed by atoms with Crippen molar-refractivity contribution in [3.05, 3.63) is 61.4 Å². The maximum Gasteiger partial charge on any atom is 0.322 e. The van der Waals surface area contributed by atoms with Crippen LogP contribution in [-0.4, -0.2) is 22.0 Å². The van der Waals surface area contributed by atoms with E-state index < -0.39 is 0 Å². The molecule has 1 aromatic carbocycles. The lowest BCUT2D eigenvalue weighted by atomic mass is 9.95. The quantitative estimate of drug-likeness (QED) is 0.746. The van der Waals surface area contributed by atoms with Crippen molar-refractivity contribution in [3.8, 4) is 0 Å². The lowest BCUT2D eigenvalue weighted by molar-refractivity contribution is 0.179. The van der Waals surface area contributed by atoms with Crippen molar-refractivity contribution in [1.29, 1.82) is 0 Å². The Hall–Kier alpha value is -1.79. The van der Waals surface area contributed by atoms with Gasteiger partial charge in [-0.05, 0) is 64.5 Å². The number of carbonyl (C=O) groups is 1. The summed E-state index contributed by atoms with van der Waals surface area (Å²) in [6.45, 7) is 0. The average Bonchev–Trinajstić information content (AvgIpc) is 2.86. The molecular formula is C17H15BrClN3O2. The molecule has 1 fully saturated rings. The molecule has 0 aliphatic carbocycles. The van der Waals surface area contributed by atoms with E-state index in [0.717, 1.165) is 34.9 Å². The molecule has 0 spiro atoms. The van der Waals surface area contributed by atoms with E-state index in [9.17, 15) is 9.59 Å². The van der Waals surface area contributed by atoms with E-state index in [-0.39, 0.29) is 23.7 Å². The maximum absolute atomic E-state index is 12.8. The van der Waals surface area contributed by atoms with Gasteiger partial charge in [0.15, 0.2) is 0 Å². The molecule has 0 saturated carbocycles. The van der Waals surface area contributed by atoms with Gasteiger partial charge >= 0.3 is 6.03 Å². The molecule has 2 aromatic rings. The smallest absolute Gasteiger partial charge is 0.322 e. The number of anilines is 1. The molecule has 2 amide bonds. The summed E-state index contributed by atoms with van der Waals surface area (Å²) in [5.41, 5.74) is 2.72. The van der Waals surface area contributed by atoms with Gasteiger partial charge in [0.25, 0.3) is 0 Å². The summed E-state index contributed by atoms with van der Waals surface area (Å²) in [4.78, 5) is 29.0. The fourth-order valence-electron chi connectivity index (χ4n) is 3.72. The standard InChI is InChI=1S/C17H15BrClN3O2/c18-13-7-10(1-3-14(13)19)21-17(24)22-11-2-4-15(22)12-8-20-16(23)6-9(12)5-11/h1,3,6-8,11,15H,2,4-5H2,(H,20,23)(H,21,24). The summed E-state index contributed by atoms with van der Waals surface area (Å²) in [5.74, 6) is 0. The Labute approximate surface area is 152 Å². The molecule has 2 aliphatic heterocycles. The summed E-state index contributed by atoms with van der Waals surface area (Å²) in [5, 5.41) is 3.55. The number of pyridine rings is 1. The van der Waals surface area contributed by atoms with Crippen molar-refractivity contribution in [2.75, 3.05) is 5.32 Å². The molecule has 3 heterocycles. The van der Waals surface area contributed by atoms with Crippen LogP contribution in [0.5, 0.6) is 0 Å². The number of nitrogens with zero attached hydrogens (tertiary/aromatic N) is 1. The molecule has 124 valence electrons. The third-order valence-corrected chi connectivity index (χ3v) is 5.98. The number of halogens is 2. The number of aromatic nitrogens is 1. The van der Waals surface area contributed by atoms with Gasteiger partial charge in [0.2, 0.25) is 5.56 Å². The van der Waals surface area contributed by atoms with Crippen molar-refractivity contribution in [1.82, 2.24) is 9.88 Å². The molecule has 2 unspecified atom stereocenters. The van der Waals surface area contributed by atoms with Crippen LogP contribution in [0.3, 0.4) is 0 Å². The Kier molecular flexibility index (Phi) is 3.89. The fraction of sp³-hybridized carbons (Fsp3) is 0.294. The lowest BCUT2D eigenvalue weighted by Gasteiger charge is -2.36. The van der Waals surface area contributed by atoms with Crippen LogP contribution in [0.15, 0.2) is 39.7 Å². The van der Waals surface area contributed by atoms with Crippen LogP contribution >= 0.6 is 27.5 Å². The van der Waals surface area contributed by atoms with E-state index in [2.05, 4.69) is 26.2 Å². The number of fused-ring (bicyclic) bond motifs is 4. The van der Waals surface area contributed by atoms with Crippen molar-refractivity contribution in [3.63, 3.8) is 0 Å². The van der Waals surface area contributed by atoms with Gasteiger partial charge in [0, 0.05) is 28.5 Å². The highest BCUT2D eigenvalue weighted by Gasteiger charge is 2.42. The van der Waals surface area contributed by atoms with Crippen molar-refractivity contribution in [2.24, 2.45) is 0 Å². The van der Waals surface area contributed by atoms with Crippen LogP contribution < -0.4 is 10.9 Å². The molecule has 2 aliphatic rings. The predicted octanol–water partition coefficient (Wildman–Crippen LogP) is 4.08. The number of amides is 2. The average molecular weight is 409 g/mol. The molecule has 0 radical (unpaired) electrons. The number of hydrogen-bond donors (Lipinski definition) is 2. The number of rotatable bonds is 1. The second-order valence-corrected chi connectivity index (χ2v) is 7.46. The molecule has 1 saturated heterocycles. The molecular weight excluding hydrogens is 394 g/mol. The second kappa shape index (κ2) is 5.93. The first kappa shape index (κ1) is 15.7. The lowest BCUT2D eigenvalue weighted by Crippen LogP contribution is -2.44. The van der Waals surface area contributed by atoms with Crippen LogP contribution in [0.4, 0.5) is 10.5 Å². The SMILES string of the molecule is O=C(Nc1ccc(Cl)c(Br)c1)N1C2CCC1c1c[nH]c(=O)cc1C2. The van der Waals surface area contributed by atoms with E-state index in [1.165, 1.54) is 0 Å². The number of urea groups is 1. The van der Waals surface area contributed by atoms with Crippen molar-refractivity contribution >= 4 is 39.2 Å². The maximum atomic E-state index is 12.8. The predicted molar refractivity (Wildman–Crippen MR) is 96.5 cm³/mol. The highest BCUT2D eigenvalue weighted by atomic mass is 79.9. The van der Waals surface area contributed by atoms with Crippen LogP contribution in [-0.2, 0) is 6.42 Å². The van der Waals surface area contributed by atoms with Crippen LogP contribution in [0.2, 0.25) is 5.02 Å². The van der Waals surface area contributed by atoms with Gasteiger partial charge in [0.05, 0.1) is 11.1 Å². The zero-order chi connectivity index (χ0) is 16.8. The van der Waals surface area contributed by atoms with Gasteiger partial charge in [-0.15, -0.1) is 0 Å². The number of benzene rings is 1. The summed E-state index contributed by atoms with van der Waals surface area (Å²) in [6.07, 6.45) is 4.35. The van der Waals surface area contributed by atoms with Crippen molar-refractivity contribution in [2.45, 2.75) is 31.3 Å². The summed E-state index contributed by atoms with van der Waals surface area (Å²) < 4.78 is 0.742. The minimum Gasteiger partial charge on any atom is -0.329 e. The Morgan fingerprint density at radius 3 is 2.96 bits per heavy atom. The van der Waals surface area contributed by atoms with Gasteiger partial charge in [-0.25, -0.2) is 4.79 Å². The Morgan fingerprint density at radius 1 is 1.33 bits per heavy atom. The summed E-state index contributed by atoms with van der Waals surface area (Å²) >= 11 is 9.36. The molecule has 7 heteroatoms. The molecule has 2 N–H and O–H groups in total. The van der Waals surface area contributed by atoms with Crippen LogP contribution in [0.1, 0.15) is 30.0 Å². The molecule has 24 heavy (non-hydrogen) atoms. The number of nitrogens with one attached hydrogen (secondary N) is 2. The first-order valence-electron chi connectivity index (χ1n) is 7.79. The normalized spacial score (nSPS) is 21.5. The Balaban J connectivity index is 1.60. The van der Waals surface area contributed by atoms with E-state index in [0.29, 0.717) is 10.7 Å². The zero-order valence-corrected chi connectivity index (χ0v) is 15.0. The molecule has 4 rings (SSSR count). The third kappa shape index (κ3) is 2.63. The number of H-pyrrole nitrogens is 1. The van der Waals surface area contributed by atoms with Gasteiger partial charge in [-0.3, -0.25) is 4.79 Å². The largest absolute Gasteiger partial charge is 0.329 e. The van der Waals surface area contributed by atoms with Gasteiger partial charge < -0.3 is 15.2 Å². The van der Waals surface area contributed by atoms with E-state index in [4.69, 9.17) is 11.6 Å². The molecule has 2 atom stereocenters. The first-order valence-corrected chi connectivity index (χ1v) is 8.96. The van der Waals surface area contributed by atoms with E-state index in [1.54, 1.807) is 30.5 Å². The van der Waals surface area contributed by atoms with Gasteiger partial charge in [0.1, 0.15) is 0 Å². The zero-order valence-electron chi connectivity index (χ0n) is 12.7. The fourth-order valence-corrected chi connectivity index (χ4v) is 4.22. The van der Waals surface area contributed by atoms with E-state index in [1.807, 2.05) is 4.90 Å². The Bertz CT molecular complexity index is 882. The second-order valence-electron chi connectivity index (χ2n) is 6.20. The molecule has 2 bridgehead atoms. The number of hydrogen-bond acceptors (Lipinski definition) is 2. The molecule has 5 nitrogen and oxygen atoms in total. The topological polar surface area (TPSA) is 65.2 Å². The summed E-state index contributed by atoms with van der Waals surface area (Å²) in [6, 6.07) is 7.01. The van der Waals surface area contributed by atoms with Gasteiger partial charge in [-0.1, -0.05) is 11.6 Å². The van der Waals surface area contributed by atoms with Crippen molar-refractivity contribution < 1.29 is 4.79 Å². The first-order chi connectivity index (χ1) is 11.5. The third-order valence-electron chi connectivity index (χ3n) is 4.77. The minimum atomic E-state index is -0.117. The van der Waals surface area contributed by atoms with Crippen LogP contribution in [0.25, 0.3) is 0 Å². The monoisotopic (exact) mass is 407 g/mol. The Morgan fingerprint density at radius 2 is 2.17 bits per heavy atom. The van der Waals surface area contributed by atoms with Gasteiger partial charge in [-0.2, -0.15) is 0 Å².